The normalized spacial score (nSPS) is 10.6. The van der Waals surface area contributed by atoms with Crippen LogP contribution in [-0.4, -0.2) is 20.4 Å². The maximum Gasteiger partial charge on any atom is 0.261 e. The molecule has 2 aromatic rings. The van der Waals surface area contributed by atoms with Crippen molar-refractivity contribution in [3.8, 4) is 23.0 Å². The molecular formula is C12H14N2O3. The smallest absolute Gasteiger partial charge is 0.261 e. The summed E-state index contributed by atoms with van der Waals surface area (Å²) in [6.07, 6.45) is 2.83. The van der Waals surface area contributed by atoms with Crippen molar-refractivity contribution in [1.29, 1.82) is 0 Å². The molecule has 1 heterocycles. The molecule has 1 aromatic heterocycles. The number of hydrogen-bond acceptors (Lipinski definition) is 5. The molecule has 0 saturated heterocycles. The lowest BCUT2D eigenvalue weighted by Gasteiger charge is -1.99. The minimum Gasteiger partial charge on any atom is -0.508 e. The lowest BCUT2D eigenvalue weighted by atomic mass is 10.2. The molecule has 1 aromatic carbocycles. The van der Waals surface area contributed by atoms with Crippen LogP contribution in [0.3, 0.4) is 0 Å². The van der Waals surface area contributed by atoms with E-state index < -0.39 is 0 Å². The summed E-state index contributed by atoms with van der Waals surface area (Å²) in [5.74, 6) is 0.829. The number of nitrogens with zero attached hydrogens (tertiary/aromatic N) is 2. The highest BCUT2D eigenvalue weighted by molar-refractivity contribution is 5.63. The van der Waals surface area contributed by atoms with Crippen LogP contribution in [-0.2, 0) is 6.42 Å². The zero-order chi connectivity index (χ0) is 12.3. The third-order valence-electron chi connectivity index (χ3n) is 2.43. The average molecular weight is 234 g/mol. The Morgan fingerprint density at radius 3 is 2.82 bits per heavy atom. The van der Waals surface area contributed by atoms with Crippen LogP contribution in [0, 0.1) is 0 Å². The molecule has 5 nitrogen and oxygen atoms in total. The summed E-state index contributed by atoms with van der Waals surface area (Å²) < 4.78 is 5.07. The molecule has 0 fully saturated rings. The molecule has 0 aliphatic carbocycles. The van der Waals surface area contributed by atoms with Gasteiger partial charge in [-0.25, -0.2) is 0 Å². The summed E-state index contributed by atoms with van der Waals surface area (Å²) in [6.45, 7) is 2.09. The van der Waals surface area contributed by atoms with Crippen molar-refractivity contribution >= 4 is 0 Å². The first-order chi connectivity index (χ1) is 8.20. The lowest BCUT2D eigenvalue weighted by Crippen LogP contribution is -1.87. The molecule has 2 rings (SSSR count). The topological polar surface area (TPSA) is 79.4 Å². The number of aromatic nitrogens is 2. The molecular weight excluding hydrogens is 220 g/mol. The molecule has 0 atom stereocenters. The molecule has 0 amide bonds. The van der Waals surface area contributed by atoms with Gasteiger partial charge in [-0.15, -0.1) is 0 Å². The van der Waals surface area contributed by atoms with E-state index in [1.165, 1.54) is 12.1 Å². The number of aryl methyl sites for hydroxylation is 1. The van der Waals surface area contributed by atoms with Gasteiger partial charge >= 0.3 is 0 Å². The van der Waals surface area contributed by atoms with Crippen molar-refractivity contribution in [3.05, 3.63) is 24.0 Å². The van der Waals surface area contributed by atoms with E-state index in [1.807, 2.05) is 0 Å². The summed E-state index contributed by atoms with van der Waals surface area (Å²) in [7, 11) is 0. The number of phenols is 2. The van der Waals surface area contributed by atoms with Gasteiger partial charge in [-0.05, 0) is 18.6 Å². The van der Waals surface area contributed by atoms with Gasteiger partial charge in [-0.2, -0.15) is 4.98 Å². The fraction of sp³-hybridized carbons (Fsp3) is 0.333. The van der Waals surface area contributed by atoms with Gasteiger partial charge in [0, 0.05) is 12.5 Å². The average Bonchev–Trinajstić information content (AvgIpc) is 2.75. The maximum atomic E-state index is 9.64. The van der Waals surface area contributed by atoms with Crippen LogP contribution in [0.2, 0.25) is 0 Å². The van der Waals surface area contributed by atoms with Crippen molar-refractivity contribution in [1.82, 2.24) is 10.1 Å². The second-order valence-corrected chi connectivity index (χ2v) is 3.82. The van der Waals surface area contributed by atoms with E-state index in [1.54, 1.807) is 6.07 Å². The summed E-state index contributed by atoms with van der Waals surface area (Å²) in [4.78, 5) is 4.19. The first-order valence-electron chi connectivity index (χ1n) is 5.55. The number of hydrogen-bond donors (Lipinski definition) is 2. The Morgan fingerprint density at radius 2 is 2.12 bits per heavy atom. The maximum absolute atomic E-state index is 9.64. The number of unbranched alkanes of at least 4 members (excludes halogenated alkanes) is 1. The number of rotatable bonds is 4. The molecule has 5 heteroatoms. The van der Waals surface area contributed by atoms with Gasteiger partial charge < -0.3 is 14.7 Å². The van der Waals surface area contributed by atoms with Gasteiger partial charge in [0.15, 0.2) is 5.82 Å². The van der Waals surface area contributed by atoms with Gasteiger partial charge in [0.25, 0.3) is 5.89 Å². The van der Waals surface area contributed by atoms with Crippen molar-refractivity contribution < 1.29 is 14.7 Å². The molecule has 0 unspecified atom stereocenters. The van der Waals surface area contributed by atoms with Crippen LogP contribution in [0.1, 0.15) is 25.6 Å². The van der Waals surface area contributed by atoms with Gasteiger partial charge in [0.05, 0.1) is 5.56 Å². The van der Waals surface area contributed by atoms with Crippen LogP contribution in [0.25, 0.3) is 11.5 Å². The Kier molecular flexibility index (Phi) is 3.27. The SMILES string of the molecule is CCCCc1noc(-c2ccc(O)cc2O)n1. The Bertz CT molecular complexity index is 508. The van der Waals surface area contributed by atoms with Crippen molar-refractivity contribution in [2.45, 2.75) is 26.2 Å². The third kappa shape index (κ3) is 2.55. The highest BCUT2D eigenvalue weighted by Gasteiger charge is 2.12. The molecule has 0 aliphatic rings. The number of benzene rings is 1. The monoisotopic (exact) mass is 234 g/mol. The first-order valence-corrected chi connectivity index (χ1v) is 5.55. The zero-order valence-electron chi connectivity index (χ0n) is 9.55. The van der Waals surface area contributed by atoms with E-state index >= 15 is 0 Å². The highest BCUT2D eigenvalue weighted by Crippen LogP contribution is 2.30. The van der Waals surface area contributed by atoms with E-state index in [0.717, 1.165) is 19.3 Å². The summed E-state index contributed by atoms with van der Waals surface area (Å²) in [6, 6.07) is 4.25. The van der Waals surface area contributed by atoms with Crippen molar-refractivity contribution in [2.24, 2.45) is 0 Å². The minimum absolute atomic E-state index is 0.00280. The van der Waals surface area contributed by atoms with Gasteiger partial charge in [0.2, 0.25) is 0 Å². The van der Waals surface area contributed by atoms with E-state index in [0.29, 0.717) is 11.4 Å². The van der Waals surface area contributed by atoms with Crippen LogP contribution in [0.15, 0.2) is 22.7 Å². The Morgan fingerprint density at radius 1 is 1.29 bits per heavy atom. The molecule has 90 valence electrons. The molecule has 0 saturated carbocycles. The zero-order valence-corrected chi connectivity index (χ0v) is 9.55. The van der Waals surface area contributed by atoms with E-state index in [2.05, 4.69) is 17.1 Å². The number of phenolic OH excluding ortho intramolecular Hbond substituents is 2. The molecule has 0 aliphatic heterocycles. The molecule has 0 bridgehead atoms. The summed E-state index contributed by atoms with van der Waals surface area (Å²) in [5, 5.41) is 22.7. The minimum atomic E-state index is -0.0734. The van der Waals surface area contributed by atoms with Crippen LogP contribution in [0.4, 0.5) is 0 Å². The molecule has 17 heavy (non-hydrogen) atoms. The van der Waals surface area contributed by atoms with Gasteiger partial charge in [-0.3, -0.25) is 0 Å². The van der Waals surface area contributed by atoms with Crippen LogP contribution < -0.4 is 0 Å². The fourth-order valence-corrected chi connectivity index (χ4v) is 1.50. The second-order valence-electron chi connectivity index (χ2n) is 3.82. The van der Waals surface area contributed by atoms with E-state index in [-0.39, 0.29) is 17.4 Å². The quantitative estimate of drug-likeness (QED) is 0.849. The first kappa shape index (κ1) is 11.4. The Balaban J connectivity index is 2.24. The molecule has 0 radical (unpaired) electrons. The fourth-order valence-electron chi connectivity index (χ4n) is 1.50. The summed E-state index contributed by atoms with van der Waals surface area (Å²) >= 11 is 0. The van der Waals surface area contributed by atoms with Crippen molar-refractivity contribution in [2.75, 3.05) is 0 Å². The lowest BCUT2D eigenvalue weighted by molar-refractivity contribution is 0.415. The standard InChI is InChI=1S/C12H14N2O3/c1-2-3-4-11-13-12(17-14-11)9-6-5-8(15)7-10(9)16/h5-7,15-16H,2-4H2,1H3. The van der Waals surface area contributed by atoms with Crippen LogP contribution in [0.5, 0.6) is 11.5 Å². The van der Waals surface area contributed by atoms with E-state index in [9.17, 15) is 10.2 Å². The Hall–Kier alpha value is -2.04. The summed E-state index contributed by atoms with van der Waals surface area (Å²) in [5.41, 5.74) is 0.429. The Labute approximate surface area is 98.7 Å². The largest absolute Gasteiger partial charge is 0.508 e. The predicted octanol–water partition coefficient (Wildman–Crippen LogP) is 2.49. The molecule has 2 N–H and O–H groups in total. The van der Waals surface area contributed by atoms with Gasteiger partial charge in [-0.1, -0.05) is 18.5 Å². The predicted molar refractivity (Wildman–Crippen MR) is 61.7 cm³/mol. The van der Waals surface area contributed by atoms with Crippen LogP contribution >= 0.6 is 0 Å². The highest BCUT2D eigenvalue weighted by atomic mass is 16.5. The molecule has 0 spiro atoms. The van der Waals surface area contributed by atoms with Gasteiger partial charge in [0.1, 0.15) is 11.5 Å². The van der Waals surface area contributed by atoms with Crippen molar-refractivity contribution in [3.63, 3.8) is 0 Å². The van der Waals surface area contributed by atoms with E-state index in [4.69, 9.17) is 4.52 Å². The second kappa shape index (κ2) is 4.86. The third-order valence-corrected chi connectivity index (χ3v) is 2.43. The number of aromatic hydroxyl groups is 2.